The lowest BCUT2D eigenvalue weighted by molar-refractivity contribution is 0.0469. The van der Waals surface area contributed by atoms with Gasteiger partial charge in [0.25, 0.3) is 10.0 Å². The minimum Gasteiger partial charge on any atom is -0.456 e. The maximum Gasteiger partial charge on any atom is 0.340 e. The molecule has 2 aromatic carbocycles. The highest BCUT2D eigenvalue weighted by Gasteiger charge is 2.23. The van der Waals surface area contributed by atoms with Crippen molar-refractivity contribution in [3.63, 3.8) is 0 Å². The van der Waals surface area contributed by atoms with Crippen LogP contribution in [0.25, 0.3) is 0 Å². The molecule has 0 spiro atoms. The normalized spacial score (nSPS) is 11.1. The molecule has 3 rings (SSSR count). The number of sulfonamides is 1. The lowest BCUT2D eigenvalue weighted by Crippen LogP contribution is -2.18. The SMILES string of the molecule is Cc1cc(C)c(S(=O)(=O)Nc2ccccc2C(=O)OCc2ccccn2)c(C)c1. The van der Waals surface area contributed by atoms with E-state index in [1.54, 1.807) is 50.4 Å². The summed E-state index contributed by atoms with van der Waals surface area (Å²) in [4.78, 5) is 16.9. The van der Waals surface area contributed by atoms with E-state index in [1.807, 2.05) is 19.1 Å². The Morgan fingerprint density at radius 2 is 1.66 bits per heavy atom. The van der Waals surface area contributed by atoms with E-state index >= 15 is 0 Å². The lowest BCUT2D eigenvalue weighted by atomic mass is 10.1. The van der Waals surface area contributed by atoms with Crippen molar-refractivity contribution in [1.29, 1.82) is 0 Å². The van der Waals surface area contributed by atoms with Crippen molar-refractivity contribution in [2.24, 2.45) is 0 Å². The van der Waals surface area contributed by atoms with E-state index in [9.17, 15) is 13.2 Å². The molecule has 0 fully saturated rings. The number of nitrogens with one attached hydrogen (secondary N) is 1. The fourth-order valence-corrected chi connectivity index (χ4v) is 4.77. The van der Waals surface area contributed by atoms with Gasteiger partial charge in [-0.05, 0) is 56.2 Å². The fourth-order valence-electron chi connectivity index (χ4n) is 3.24. The van der Waals surface area contributed by atoms with Crippen molar-refractivity contribution in [3.8, 4) is 0 Å². The van der Waals surface area contributed by atoms with Crippen LogP contribution in [0.15, 0.2) is 65.7 Å². The van der Waals surface area contributed by atoms with Gasteiger partial charge in [-0.3, -0.25) is 9.71 Å². The maximum atomic E-state index is 13.0. The van der Waals surface area contributed by atoms with Crippen LogP contribution < -0.4 is 4.72 Å². The zero-order valence-electron chi connectivity index (χ0n) is 16.5. The molecular weight excluding hydrogens is 388 g/mol. The van der Waals surface area contributed by atoms with Crippen molar-refractivity contribution in [2.75, 3.05) is 4.72 Å². The van der Waals surface area contributed by atoms with Gasteiger partial charge in [0.2, 0.25) is 0 Å². The van der Waals surface area contributed by atoms with E-state index in [0.717, 1.165) is 5.56 Å². The van der Waals surface area contributed by atoms with Crippen molar-refractivity contribution in [1.82, 2.24) is 4.98 Å². The van der Waals surface area contributed by atoms with Crippen molar-refractivity contribution in [3.05, 3.63) is 88.7 Å². The highest BCUT2D eigenvalue weighted by Crippen LogP contribution is 2.26. The summed E-state index contributed by atoms with van der Waals surface area (Å²) >= 11 is 0. The molecule has 1 N–H and O–H groups in total. The van der Waals surface area contributed by atoms with Crippen molar-refractivity contribution < 1.29 is 17.9 Å². The predicted molar refractivity (Wildman–Crippen MR) is 111 cm³/mol. The average molecular weight is 410 g/mol. The summed E-state index contributed by atoms with van der Waals surface area (Å²) in [5.74, 6) is -0.633. The van der Waals surface area contributed by atoms with Crippen molar-refractivity contribution in [2.45, 2.75) is 32.3 Å². The van der Waals surface area contributed by atoms with Gasteiger partial charge in [0, 0.05) is 6.20 Å². The minimum absolute atomic E-state index is 0.00304. The quantitative estimate of drug-likeness (QED) is 0.617. The molecule has 29 heavy (non-hydrogen) atoms. The number of carbonyl (C=O) groups is 1. The number of anilines is 1. The Labute approximate surface area is 170 Å². The molecule has 1 heterocycles. The fraction of sp³-hybridized carbons (Fsp3) is 0.182. The molecule has 6 nitrogen and oxygen atoms in total. The summed E-state index contributed by atoms with van der Waals surface area (Å²) in [6.07, 6.45) is 1.61. The van der Waals surface area contributed by atoms with E-state index < -0.39 is 16.0 Å². The summed E-state index contributed by atoms with van der Waals surface area (Å²) in [6, 6.07) is 15.3. The third kappa shape index (κ3) is 4.81. The molecule has 0 amide bonds. The molecule has 0 aliphatic rings. The first-order chi connectivity index (χ1) is 13.8. The third-order valence-corrected chi connectivity index (χ3v) is 6.01. The molecule has 0 aliphatic heterocycles. The molecule has 3 aromatic rings. The Balaban J connectivity index is 1.86. The molecular formula is C22H22N2O4S. The van der Waals surface area contributed by atoms with Crippen LogP contribution in [0, 0.1) is 20.8 Å². The van der Waals surface area contributed by atoms with Crippen LogP contribution in [0.5, 0.6) is 0 Å². The summed E-state index contributed by atoms with van der Waals surface area (Å²) in [5.41, 5.74) is 3.17. The predicted octanol–water partition coefficient (Wildman–Crippen LogP) is 4.16. The van der Waals surface area contributed by atoms with Gasteiger partial charge in [0.15, 0.2) is 0 Å². The Kier molecular flexibility index (Phi) is 5.98. The molecule has 0 saturated carbocycles. The molecule has 150 valence electrons. The van der Waals surface area contributed by atoms with E-state index in [4.69, 9.17) is 4.74 Å². The monoisotopic (exact) mass is 410 g/mol. The number of benzene rings is 2. The molecule has 0 atom stereocenters. The van der Waals surface area contributed by atoms with Crippen LogP contribution in [-0.4, -0.2) is 19.4 Å². The van der Waals surface area contributed by atoms with Crippen LogP contribution in [0.1, 0.15) is 32.7 Å². The number of hydrogen-bond acceptors (Lipinski definition) is 5. The van der Waals surface area contributed by atoms with Crippen LogP contribution in [-0.2, 0) is 21.4 Å². The number of rotatable bonds is 6. The first kappa shape index (κ1) is 20.5. The van der Waals surface area contributed by atoms with Gasteiger partial charge in [-0.2, -0.15) is 0 Å². The van der Waals surface area contributed by atoms with Crippen LogP contribution >= 0.6 is 0 Å². The summed E-state index contributed by atoms with van der Waals surface area (Å²) in [5, 5.41) is 0. The van der Waals surface area contributed by atoms with Gasteiger partial charge in [-0.15, -0.1) is 0 Å². The number of aromatic nitrogens is 1. The second kappa shape index (κ2) is 8.45. The van der Waals surface area contributed by atoms with Gasteiger partial charge in [0.05, 0.1) is 21.8 Å². The van der Waals surface area contributed by atoms with Gasteiger partial charge < -0.3 is 4.74 Å². The van der Waals surface area contributed by atoms with Crippen LogP contribution in [0.2, 0.25) is 0 Å². The topological polar surface area (TPSA) is 85.4 Å². The molecule has 0 radical (unpaired) electrons. The van der Waals surface area contributed by atoms with E-state index in [-0.39, 0.29) is 22.8 Å². The molecule has 0 aliphatic carbocycles. The third-order valence-electron chi connectivity index (χ3n) is 4.34. The smallest absolute Gasteiger partial charge is 0.340 e. The largest absolute Gasteiger partial charge is 0.456 e. The summed E-state index contributed by atoms with van der Waals surface area (Å²) < 4.78 is 33.9. The molecule has 1 aromatic heterocycles. The molecule has 0 bridgehead atoms. The van der Waals surface area contributed by atoms with Crippen LogP contribution in [0.4, 0.5) is 5.69 Å². The number of aryl methyl sites for hydroxylation is 3. The Morgan fingerprint density at radius 3 is 2.31 bits per heavy atom. The van der Waals surface area contributed by atoms with E-state index in [1.165, 1.54) is 12.1 Å². The summed E-state index contributed by atoms with van der Waals surface area (Å²) in [6.45, 7) is 5.41. The highest BCUT2D eigenvalue weighted by atomic mass is 32.2. The Bertz CT molecular complexity index is 1120. The number of esters is 1. The van der Waals surface area contributed by atoms with Crippen LogP contribution in [0.3, 0.4) is 0 Å². The highest BCUT2D eigenvalue weighted by molar-refractivity contribution is 7.92. The van der Waals surface area contributed by atoms with Gasteiger partial charge in [0.1, 0.15) is 6.61 Å². The minimum atomic E-state index is -3.88. The average Bonchev–Trinajstić information content (AvgIpc) is 2.66. The lowest BCUT2D eigenvalue weighted by Gasteiger charge is -2.16. The van der Waals surface area contributed by atoms with Gasteiger partial charge in [-0.25, -0.2) is 13.2 Å². The van der Waals surface area contributed by atoms with E-state index in [0.29, 0.717) is 16.8 Å². The summed E-state index contributed by atoms with van der Waals surface area (Å²) in [7, 11) is -3.88. The molecule has 0 unspecified atom stereocenters. The number of nitrogens with zero attached hydrogens (tertiary/aromatic N) is 1. The first-order valence-corrected chi connectivity index (χ1v) is 10.5. The Hall–Kier alpha value is -3.19. The number of carbonyl (C=O) groups excluding carboxylic acids is 1. The first-order valence-electron chi connectivity index (χ1n) is 9.04. The number of pyridine rings is 1. The molecule has 0 saturated heterocycles. The molecule has 7 heteroatoms. The zero-order valence-corrected chi connectivity index (χ0v) is 17.3. The standard InChI is InChI=1S/C22H22N2O4S/c1-15-12-16(2)21(17(3)13-15)29(26,27)24-20-10-5-4-9-19(20)22(25)28-14-18-8-6-7-11-23-18/h4-13,24H,14H2,1-3H3. The number of hydrogen-bond donors (Lipinski definition) is 1. The van der Waals surface area contributed by atoms with Crippen molar-refractivity contribution >= 4 is 21.7 Å². The second-order valence-corrected chi connectivity index (χ2v) is 8.40. The Morgan fingerprint density at radius 1 is 1.00 bits per heavy atom. The zero-order chi connectivity index (χ0) is 21.0. The number of para-hydroxylation sites is 1. The second-order valence-electron chi connectivity index (χ2n) is 6.78. The van der Waals surface area contributed by atoms with Gasteiger partial charge >= 0.3 is 5.97 Å². The maximum absolute atomic E-state index is 13.0. The van der Waals surface area contributed by atoms with Gasteiger partial charge in [-0.1, -0.05) is 35.9 Å². The number of ether oxygens (including phenoxy) is 1. The van der Waals surface area contributed by atoms with E-state index in [2.05, 4.69) is 9.71 Å².